The third-order valence-corrected chi connectivity index (χ3v) is 4.03. The number of carbonyl (C=O) groups is 1. The minimum absolute atomic E-state index is 0.279. The van der Waals surface area contributed by atoms with Crippen LogP contribution in [0.15, 0.2) is 16.5 Å². The molecule has 110 valence electrons. The molecule has 6 heteroatoms. The summed E-state index contributed by atoms with van der Waals surface area (Å²) in [6, 6.07) is 4.20. The predicted molar refractivity (Wildman–Crippen MR) is 73.6 cm³/mol. The quantitative estimate of drug-likeness (QED) is 0.792. The van der Waals surface area contributed by atoms with Crippen molar-refractivity contribution >= 4 is 5.97 Å². The van der Waals surface area contributed by atoms with Crippen LogP contribution < -0.4 is 5.32 Å². The normalized spacial score (nSPS) is 21.6. The molecule has 2 aliphatic rings. The minimum Gasteiger partial charge on any atom is -0.463 e. The Morgan fingerprint density at radius 3 is 2.85 bits per heavy atom. The fourth-order valence-corrected chi connectivity index (χ4v) is 2.84. The Hall–Kier alpha value is -1.37. The Balaban J connectivity index is 1.46. The number of methoxy groups -OCH3 is 1. The van der Waals surface area contributed by atoms with Crippen LogP contribution in [0.5, 0.6) is 0 Å². The van der Waals surface area contributed by atoms with E-state index >= 15 is 0 Å². The molecule has 0 aromatic carbocycles. The van der Waals surface area contributed by atoms with E-state index in [1.54, 1.807) is 6.07 Å². The van der Waals surface area contributed by atoms with Crippen LogP contribution in [-0.2, 0) is 11.3 Å². The smallest absolute Gasteiger partial charge is 0.373 e. The van der Waals surface area contributed by atoms with Gasteiger partial charge in [-0.1, -0.05) is 0 Å². The summed E-state index contributed by atoms with van der Waals surface area (Å²) in [5.74, 6) is 0.685. The summed E-state index contributed by atoms with van der Waals surface area (Å²) in [5.41, 5.74) is 0. The molecule has 1 N–H and O–H groups in total. The predicted octanol–water partition coefficient (Wildman–Crippen LogP) is 0.156. The van der Waals surface area contributed by atoms with Gasteiger partial charge in [0.15, 0.2) is 0 Å². The first-order valence-corrected chi connectivity index (χ1v) is 7.10. The number of carbonyl (C=O) groups excluding carboxylic acids is 1. The Labute approximate surface area is 118 Å². The van der Waals surface area contributed by atoms with Crippen molar-refractivity contribution in [2.24, 2.45) is 0 Å². The fraction of sp³-hybridized carbons (Fsp3) is 0.643. The molecule has 0 spiro atoms. The van der Waals surface area contributed by atoms with Crippen LogP contribution >= 0.6 is 0 Å². The largest absolute Gasteiger partial charge is 0.463 e. The molecule has 2 fully saturated rings. The SMILES string of the molecule is COC(=O)c1ccc(CN2CC(N3CCNCC3)C2)o1. The van der Waals surface area contributed by atoms with Gasteiger partial charge in [-0.3, -0.25) is 9.80 Å². The van der Waals surface area contributed by atoms with Gasteiger partial charge in [0.25, 0.3) is 0 Å². The van der Waals surface area contributed by atoms with E-state index in [0.29, 0.717) is 6.04 Å². The Kier molecular flexibility index (Phi) is 4.05. The molecule has 0 atom stereocenters. The number of esters is 1. The van der Waals surface area contributed by atoms with Crippen LogP contribution in [0.2, 0.25) is 0 Å². The van der Waals surface area contributed by atoms with Crippen molar-refractivity contribution in [1.82, 2.24) is 15.1 Å². The number of nitrogens with zero attached hydrogens (tertiary/aromatic N) is 2. The Morgan fingerprint density at radius 1 is 1.40 bits per heavy atom. The van der Waals surface area contributed by atoms with Crippen molar-refractivity contribution in [1.29, 1.82) is 0 Å². The van der Waals surface area contributed by atoms with Crippen molar-refractivity contribution in [3.63, 3.8) is 0 Å². The number of ether oxygens (including phenoxy) is 1. The zero-order chi connectivity index (χ0) is 13.9. The third kappa shape index (κ3) is 2.87. The van der Waals surface area contributed by atoms with Crippen LogP contribution in [0.3, 0.4) is 0 Å². The summed E-state index contributed by atoms with van der Waals surface area (Å²) in [5, 5.41) is 3.37. The maximum atomic E-state index is 11.3. The Morgan fingerprint density at radius 2 is 2.15 bits per heavy atom. The lowest BCUT2D eigenvalue weighted by Gasteiger charge is -2.46. The number of rotatable bonds is 4. The first-order valence-electron chi connectivity index (χ1n) is 7.10. The lowest BCUT2D eigenvalue weighted by molar-refractivity contribution is 0.0180. The number of hydrogen-bond acceptors (Lipinski definition) is 6. The number of furan rings is 1. The van der Waals surface area contributed by atoms with E-state index in [0.717, 1.165) is 51.6 Å². The van der Waals surface area contributed by atoms with Crippen LogP contribution in [0, 0.1) is 0 Å². The molecule has 0 bridgehead atoms. The van der Waals surface area contributed by atoms with Gasteiger partial charge in [0.2, 0.25) is 5.76 Å². The van der Waals surface area contributed by atoms with Gasteiger partial charge in [0.1, 0.15) is 5.76 Å². The van der Waals surface area contributed by atoms with Crippen LogP contribution in [0.1, 0.15) is 16.3 Å². The second-order valence-corrected chi connectivity index (χ2v) is 5.39. The van der Waals surface area contributed by atoms with E-state index in [1.165, 1.54) is 7.11 Å². The molecule has 1 aromatic rings. The second kappa shape index (κ2) is 5.95. The maximum absolute atomic E-state index is 11.3. The molecule has 0 unspecified atom stereocenters. The van der Waals surface area contributed by atoms with Crippen LogP contribution in [0.4, 0.5) is 0 Å². The average Bonchev–Trinajstić information content (AvgIpc) is 2.91. The zero-order valence-electron chi connectivity index (χ0n) is 11.8. The molecule has 0 saturated carbocycles. The van der Waals surface area contributed by atoms with Crippen molar-refractivity contribution in [3.05, 3.63) is 23.7 Å². The highest BCUT2D eigenvalue weighted by Crippen LogP contribution is 2.19. The van der Waals surface area contributed by atoms with Crippen molar-refractivity contribution < 1.29 is 13.9 Å². The van der Waals surface area contributed by atoms with Crippen molar-refractivity contribution in [2.45, 2.75) is 12.6 Å². The maximum Gasteiger partial charge on any atom is 0.373 e. The highest BCUT2D eigenvalue weighted by atomic mass is 16.5. The lowest BCUT2D eigenvalue weighted by Crippen LogP contribution is -2.62. The first-order chi connectivity index (χ1) is 9.76. The molecule has 0 amide bonds. The van der Waals surface area contributed by atoms with E-state index in [2.05, 4.69) is 19.9 Å². The second-order valence-electron chi connectivity index (χ2n) is 5.39. The number of hydrogen-bond donors (Lipinski definition) is 1. The number of likely N-dealkylation sites (tertiary alicyclic amines) is 1. The first kappa shape index (κ1) is 13.6. The molecular formula is C14H21N3O3. The minimum atomic E-state index is -0.418. The summed E-state index contributed by atoms with van der Waals surface area (Å²) >= 11 is 0. The van der Waals surface area contributed by atoms with Gasteiger partial charge in [0.05, 0.1) is 13.7 Å². The summed E-state index contributed by atoms with van der Waals surface area (Å²) in [7, 11) is 1.36. The topological polar surface area (TPSA) is 58.0 Å². The summed E-state index contributed by atoms with van der Waals surface area (Å²) < 4.78 is 10.1. The van der Waals surface area contributed by atoms with Crippen LogP contribution in [-0.4, -0.2) is 68.2 Å². The monoisotopic (exact) mass is 279 g/mol. The molecule has 2 aliphatic heterocycles. The van der Waals surface area contributed by atoms with Crippen molar-refractivity contribution in [2.75, 3.05) is 46.4 Å². The molecule has 1 aromatic heterocycles. The van der Waals surface area contributed by atoms with Crippen molar-refractivity contribution in [3.8, 4) is 0 Å². The van der Waals surface area contributed by atoms with Gasteiger partial charge in [-0.05, 0) is 12.1 Å². The van der Waals surface area contributed by atoms with Crippen LogP contribution in [0.25, 0.3) is 0 Å². The fourth-order valence-electron chi connectivity index (χ4n) is 2.84. The van der Waals surface area contributed by atoms with Gasteiger partial charge in [-0.2, -0.15) is 0 Å². The molecule has 0 radical (unpaired) electrons. The highest BCUT2D eigenvalue weighted by molar-refractivity contribution is 5.86. The molecule has 6 nitrogen and oxygen atoms in total. The summed E-state index contributed by atoms with van der Waals surface area (Å²) in [6.45, 7) is 7.40. The molecule has 3 rings (SSSR count). The molecule has 3 heterocycles. The van der Waals surface area contributed by atoms with Gasteiger partial charge >= 0.3 is 5.97 Å². The summed E-state index contributed by atoms with van der Waals surface area (Å²) in [6.07, 6.45) is 0. The molecular weight excluding hydrogens is 258 g/mol. The van der Waals surface area contributed by atoms with E-state index < -0.39 is 5.97 Å². The van der Waals surface area contributed by atoms with E-state index in [4.69, 9.17) is 4.42 Å². The average molecular weight is 279 g/mol. The lowest BCUT2D eigenvalue weighted by atomic mass is 10.1. The summed E-state index contributed by atoms with van der Waals surface area (Å²) in [4.78, 5) is 16.2. The number of nitrogens with one attached hydrogen (secondary N) is 1. The standard InChI is InChI=1S/C14H21N3O3/c1-19-14(18)13-3-2-12(20-13)10-16-8-11(9-16)17-6-4-15-5-7-17/h2-3,11,15H,4-10H2,1H3. The molecule has 0 aliphatic carbocycles. The van der Waals surface area contributed by atoms with E-state index in [-0.39, 0.29) is 5.76 Å². The highest BCUT2D eigenvalue weighted by Gasteiger charge is 2.32. The Bertz CT molecular complexity index is 462. The van der Waals surface area contributed by atoms with Gasteiger partial charge in [-0.25, -0.2) is 4.79 Å². The number of piperazine rings is 1. The molecule has 2 saturated heterocycles. The van der Waals surface area contributed by atoms with Gasteiger partial charge in [-0.15, -0.1) is 0 Å². The van der Waals surface area contributed by atoms with E-state index in [9.17, 15) is 4.79 Å². The van der Waals surface area contributed by atoms with Gasteiger partial charge in [0, 0.05) is 45.3 Å². The zero-order valence-corrected chi connectivity index (χ0v) is 11.8. The molecule has 20 heavy (non-hydrogen) atoms. The van der Waals surface area contributed by atoms with E-state index in [1.807, 2.05) is 6.07 Å². The van der Waals surface area contributed by atoms with Gasteiger partial charge < -0.3 is 14.5 Å². The third-order valence-electron chi connectivity index (χ3n) is 4.03.